The van der Waals surface area contributed by atoms with Gasteiger partial charge in [0.1, 0.15) is 11.7 Å². The zero-order valence-electron chi connectivity index (χ0n) is 20.9. The summed E-state index contributed by atoms with van der Waals surface area (Å²) in [6, 6.07) is 13.6. The van der Waals surface area contributed by atoms with E-state index in [1.807, 2.05) is 56.3 Å². The van der Waals surface area contributed by atoms with Crippen LogP contribution >= 0.6 is 0 Å². The Labute approximate surface area is 207 Å². The fourth-order valence-electron chi connectivity index (χ4n) is 4.54. The number of carbonyl (C=O) groups excluding carboxylic acids is 1. The molecule has 35 heavy (non-hydrogen) atoms. The summed E-state index contributed by atoms with van der Waals surface area (Å²) in [5.74, 6) is 0.218. The van der Waals surface area contributed by atoms with Crippen LogP contribution in [-0.2, 0) is 6.54 Å². The minimum atomic E-state index is -0.312. The number of likely N-dealkylation sites (N-methyl/N-ethyl adjacent to an activating group) is 1. The normalized spacial score (nSPS) is 19.0. The number of fused-ring (bicyclic) bond motifs is 1. The number of nitrogens with zero attached hydrogens (tertiary/aromatic N) is 4. The van der Waals surface area contributed by atoms with Crippen molar-refractivity contribution in [1.29, 1.82) is 0 Å². The van der Waals surface area contributed by atoms with Crippen molar-refractivity contribution in [3.63, 3.8) is 0 Å². The molecular formula is C28H34N4O3. The van der Waals surface area contributed by atoms with Crippen molar-refractivity contribution < 1.29 is 14.6 Å². The van der Waals surface area contributed by atoms with E-state index in [1.54, 1.807) is 23.5 Å². The predicted molar refractivity (Wildman–Crippen MR) is 136 cm³/mol. The Balaban J connectivity index is 1.67. The second kappa shape index (κ2) is 11.0. The molecular weight excluding hydrogens is 440 g/mol. The number of ether oxygens (including phenoxy) is 1. The van der Waals surface area contributed by atoms with Crippen LogP contribution in [0, 0.1) is 12.8 Å². The number of aryl methyl sites for hydroxylation is 1. The molecule has 3 atom stereocenters. The molecule has 2 aromatic heterocycles. The summed E-state index contributed by atoms with van der Waals surface area (Å²) in [5.41, 5.74) is 4.61. The number of rotatable bonds is 7. The summed E-state index contributed by atoms with van der Waals surface area (Å²) in [4.78, 5) is 26.3. The summed E-state index contributed by atoms with van der Waals surface area (Å²) >= 11 is 0. The first-order chi connectivity index (χ1) is 16.9. The van der Waals surface area contributed by atoms with Crippen molar-refractivity contribution in [1.82, 2.24) is 19.8 Å². The minimum absolute atomic E-state index is 0.0406. The zero-order valence-corrected chi connectivity index (χ0v) is 20.9. The lowest BCUT2D eigenvalue weighted by molar-refractivity contribution is 0.0325. The van der Waals surface area contributed by atoms with Crippen LogP contribution in [0.4, 0.5) is 0 Å². The number of amides is 1. The van der Waals surface area contributed by atoms with Gasteiger partial charge in [0.2, 0.25) is 5.88 Å². The van der Waals surface area contributed by atoms with Gasteiger partial charge in [0, 0.05) is 49.7 Å². The Kier molecular flexibility index (Phi) is 7.78. The van der Waals surface area contributed by atoms with Gasteiger partial charge in [-0.25, -0.2) is 4.98 Å². The van der Waals surface area contributed by atoms with Crippen LogP contribution in [0.3, 0.4) is 0 Å². The first kappa shape index (κ1) is 24.8. The maximum atomic E-state index is 13.7. The van der Waals surface area contributed by atoms with Crippen LogP contribution in [0.25, 0.3) is 11.1 Å². The molecule has 0 saturated heterocycles. The van der Waals surface area contributed by atoms with Crippen molar-refractivity contribution >= 4 is 5.91 Å². The van der Waals surface area contributed by atoms with Gasteiger partial charge in [-0.1, -0.05) is 31.2 Å². The van der Waals surface area contributed by atoms with E-state index in [0.29, 0.717) is 24.5 Å². The third-order valence-electron chi connectivity index (χ3n) is 6.67. The number of pyridine rings is 2. The van der Waals surface area contributed by atoms with E-state index in [9.17, 15) is 9.90 Å². The van der Waals surface area contributed by atoms with Crippen LogP contribution < -0.4 is 4.74 Å². The minimum Gasteiger partial charge on any atom is -0.472 e. The molecule has 0 aliphatic carbocycles. The Hall–Kier alpha value is -3.29. The van der Waals surface area contributed by atoms with Gasteiger partial charge in [-0.3, -0.25) is 14.7 Å². The molecule has 3 heterocycles. The van der Waals surface area contributed by atoms with Gasteiger partial charge >= 0.3 is 0 Å². The topological polar surface area (TPSA) is 78.8 Å². The Morgan fingerprint density at radius 1 is 1.20 bits per heavy atom. The number of benzene rings is 1. The first-order valence-corrected chi connectivity index (χ1v) is 12.1. The molecule has 0 bridgehead atoms. The molecule has 0 radical (unpaired) electrons. The van der Waals surface area contributed by atoms with Gasteiger partial charge in [-0.05, 0) is 55.8 Å². The third-order valence-corrected chi connectivity index (χ3v) is 6.67. The largest absolute Gasteiger partial charge is 0.472 e. The fraction of sp³-hybridized carbons (Fsp3) is 0.393. The van der Waals surface area contributed by atoms with Crippen molar-refractivity contribution in [3.8, 4) is 17.0 Å². The maximum absolute atomic E-state index is 13.7. The maximum Gasteiger partial charge on any atom is 0.259 e. The summed E-state index contributed by atoms with van der Waals surface area (Å²) < 4.78 is 6.44. The Morgan fingerprint density at radius 2 is 1.94 bits per heavy atom. The summed E-state index contributed by atoms with van der Waals surface area (Å²) in [6.07, 6.45) is 5.19. The Morgan fingerprint density at radius 3 is 2.66 bits per heavy atom. The molecule has 3 aromatic rings. The highest BCUT2D eigenvalue weighted by Crippen LogP contribution is 2.31. The van der Waals surface area contributed by atoms with E-state index in [2.05, 4.69) is 28.8 Å². The number of aliphatic hydroxyl groups excluding tert-OH is 1. The van der Waals surface area contributed by atoms with Crippen LogP contribution in [-0.4, -0.2) is 69.7 Å². The molecule has 184 valence electrons. The van der Waals surface area contributed by atoms with E-state index >= 15 is 0 Å². The van der Waals surface area contributed by atoms with Gasteiger partial charge in [0.15, 0.2) is 0 Å². The molecule has 1 aliphatic heterocycles. The van der Waals surface area contributed by atoms with E-state index in [0.717, 1.165) is 23.2 Å². The van der Waals surface area contributed by atoms with Crippen molar-refractivity contribution in [2.45, 2.75) is 39.5 Å². The van der Waals surface area contributed by atoms with E-state index in [4.69, 9.17) is 4.74 Å². The number of hydrogen-bond donors (Lipinski definition) is 1. The average molecular weight is 475 g/mol. The molecule has 0 saturated carbocycles. The number of aromatic nitrogens is 2. The number of aliphatic hydroxyl groups is 1. The fourth-order valence-corrected chi connectivity index (χ4v) is 4.54. The van der Waals surface area contributed by atoms with E-state index < -0.39 is 0 Å². The van der Waals surface area contributed by atoms with Crippen molar-refractivity contribution in [3.05, 3.63) is 77.7 Å². The summed E-state index contributed by atoms with van der Waals surface area (Å²) in [7, 11) is 2.06. The number of hydrogen-bond acceptors (Lipinski definition) is 6. The standard InChI is InChI=1S/C28H34N4O3/c1-19-7-5-6-8-24(19)23-13-25-27(30-14-23)35-26(17-31(4)16-22-9-11-29-12-10-22)20(2)15-32(28(25)34)21(3)18-33/h5-14,20-21,26,33H,15-18H2,1-4H3/t20-,21+,26+/m0/s1. The monoisotopic (exact) mass is 474 g/mol. The van der Waals surface area contributed by atoms with E-state index in [-0.39, 0.29) is 30.6 Å². The highest BCUT2D eigenvalue weighted by Gasteiger charge is 2.34. The van der Waals surface area contributed by atoms with Crippen molar-refractivity contribution in [2.75, 3.05) is 26.7 Å². The van der Waals surface area contributed by atoms with Crippen molar-refractivity contribution in [2.24, 2.45) is 5.92 Å². The Bertz CT molecular complexity index is 1150. The average Bonchev–Trinajstić information content (AvgIpc) is 2.86. The smallest absolute Gasteiger partial charge is 0.259 e. The third kappa shape index (κ3) is 5.69. The number of carbonyl (C=O) groups is 1. The second-order valence-electron chi connectivity index (χ2n) is 9.57. The lowest BCUT2D eigenvalue weighted by Crippen LogP contribution is -2.49. The molecule has 7 heteroatoms. The quantitative estimate of drug-likeness (QED) is 0.561. The SMILES string of the molecule is Cc1ccccc1-c1cnc2c(c1)C(=O)N([C@H](C)CO)C[C@H](C)[C@@H](CN(C)Cc1ccncc1)O2. The lowest BCUT2D eigenvalue weighted by Gasteiger charge is -2.37. The van der Waals surface area contributed by atoms with Gasteiger partial charge in [0.25, 0.3) is 5.91 Å². The van der Waals surface area contributed by atoms with Crippen LogP contribution in [0.2, 0.25) is 0 Å². The molecule has 7 nitrogen and oxygen atoms in total. The van der Waals surface area contributed by atoms with Gasteiger partial charge in [0.05, 0.1) is 12.6 Å². The molecule has 0 unspecified atom stereocenters. The molecule has 1 aliphatic rings. The lowest BCUT2D eigenvalue weighted by atomic mass is 9.98. The summed E-state index contributed by atoms with van der Waals surface area (Å²) in [6.45, 7) is 7.81. The highest BCUT2D eigenvalue weighted by atomic mass is 16.5. The van der Waals surface area contributed by atoms with E-state index in [1.165, 1.54) is 5.56 Å². The predicted octanol–water partition coefficient (Wildman–Crippen LogP) is 3.80. The zero-order chi connectivity index (χ0) is 24.9. The highest BCUT2D eigenvalue weighted by molar-refractivity contribution is 5.98. The van der Waals surface area contributed by atoms with Crippen LogP contribution in [0.1, 0.15) is 35.3 Å². The molecule has 1 N–H and O–H groups in total. The molecule has 1 amide bonds. The molecule has 0 fully saturated rings. The van der Waals surface area contributed by atoms with Gasteiger partial charge in [-0.15, -0.1) is 0 Å². The first-order valence-electron chi connectivity index (χ1n) is 12.1. The van der Waals surface area contributed by atoms with Crippen LogP contribution in [0.5, 0.6) is 5.88 Å². The molecule has 1 aromatic carbocycles. The van der Waals surface area contributed by atoms with Crippen LogP contribution in [0.15, 0.2) is 61.1 Å². The van der Waals surface area contributed by atoms with Gasteiger partial charge < -0.3 is 14.7 Å². The van der Waals surface area contributed by atoms with Gasteiger partial charge in [-0.2, -0.15) is 0 Å². The molecule has 4 rings (SSSR count). The summed E-state index contributed by atoms with van der Waals surface area (Å²) in [5, 5.41) is 9.89. The second-order valence-corrected chi connectivity index (χ2v) is 9.57. The molecule has 0 spiro atoms.